The molecule has 1 aliphatic rings. The van der Waals surface area contributed by atoms with Crippen LogP contribution < -0.4 is 5.32 Å². The molecule has 1 amide bonds. The minimum absolute atomic E-state index is 0.0501. The fourth-order valence-corrected chi connectivity index (χ4v) is 3.84. The Balaban J connectivity index is 1.70. The maximum absolute atomic E-state index is 12.5. The quantitative estimate of drug-likeness (QED) is 0.878. The fraction of sp³-hybridized carbons (Fsp3) is 0.222. The van der Waals surface area contributed by atoms with E-state index in [9.17, 15) is 9.59 Å². The van der Waals surface area contributed by atoms with E-state index in [4.69, 9.17) is 4.74 Å². The number of rotatable bonds is 3. The van der Waals surface area contributed by atoms with Crippen LogP contribution in [-0.4, -0.2) is 24.2 Å². The molecular formula is C18H17NO3S. The minimum Gasteiger partial charge on any atom is -0.465 e. The first-order valence-corrected chi connectivity index (χ1v) is 8.20. The van der Waals surface area contributed by atoms with Crippen LogP contribution in [0.2, 0.25) is 0 Å². The highest BCUT2D eigenvalue weighted by Crippen LogP contribution is 2.38. The molecule has 0 saturated heterocycles. The van der Waals surface area contributed by atoms with Crippen molar-refractivity contribution < 1.29 is 14.3 Å². The van der Waals surface area contributed by atoms with Crippen LogP contribution in [0.4, 0.5) is 5.69 Å². The van der Waals surface area contributed by atoms with Gasteiger partial charge in [0.1, 0.15) is 0 Å². The van der Waals surface area contributed by atoms with Gasteiger partial charge in [-0.3, -0.25) is 4.79 Å². The fourth-order valence-electron chi connectivity index (χ4n) is 2.55. The van der Waals surface area contributed by atoms with E-state index in [2.05, 4.69) is 23.5 Å². The lowest BCUT2D eigenvalue weighted by Crippen LogP contribution is -2.24. The number of thioether (sulfide) groups is 1. The summed E-state index contributed by atoms with van der Waals surface area (Å²) in [6.45, 7) is 2.05. The van der Waals surface area contributed by atoms with Gasteiger partial charge in [0.15, 0.2) is 0 Å². The zero-order chi connectivity index (χ0) is 16.4. The molecule has 23 heavy (non-hydrogen) atoms. The Morgan fingerprint density at radius 2 is 2.04 bits per heavy atom. The van der Waals surface area contributed by atoms with Crippen LogP contribution >= 0.6 is 11.8 Å². The molecule has 1 atom stereocenters. The third-order valence-corrected chi connectivity index (χ3v) is 5.04. The first kappa shape index (κ1) is 15.6. The molecule has 0 aromatic heterocycles. The molecule has 1 aliphatic heterocycles. The largest absolute Gasteiger partial charge is 0.465 e. The minimum atomic E-state index is -0.417. The highest BCUT2D eigenvalue weighted by molar-refractivity contribution is 8.01. The number of amides is 1. The molecular weight excluding hydrogens is 310 g/mol. The van der Waals surface area contributed by atoms with Gasteiger partial charge in [-0.2, -0.15) is 0 Å². The summed E-state index contributed by atoms with van der Waals surface area (Å²) in [6, 6.07) is 13.0. The van der Waals surface area contributed by atoms with Gasteiger partial charge in [0.2, 0.25) is 5.91 Å². The second-order valence-electron chi connectivity index (χ2n) is 5.48. The molecule has 3 rings (SSSR count). The molecule has 118 valence electrons. The van der Waals surface area contributed by atoms with E-state index in [1.54, 1.807) is 36.0 Å². The molecule has 0 spiro atoms. The van der Waals surface area contributed by atoms with Crippen molar-refractivity contribution in [1.82, 2.24) is 0 Å². The first-order chi connectivity index (χ1) is 11.1. The second kappa shape index (κ2) is 6.46. The number of nitrogens with one attached hydrogen (secondary N) is 1. The SMILES string of the molecule is COC(=O)c1cccc(NC(=O)[C@@H]2Cc3ccc(C)cc3S2)c1. The van der Waals surface area contributed by atoms with E-state index in [1.165, 1.54) is 23.1 Å². The number of methoxy groups -OCH3 is 1. The third kappa shape index (κ3) is 3.40. The summed E-state index contributed by atoms with van der Waals surface area (Å²) in [7, 11) is 1.34. The van der Waals surface area contributed by atoms with E-state index in [0.29, 0.717) is 11.3 Å². The molecule has 2 aromatic rings. The Bertz CT molecular complexity index is 773. The Morgan fingerprint density at radius 3 is 2.83 bits per heavy atom. The summed E-state index contributed by atoms with van der Waals surface area (Å²) >= 11 is 1.59. The Morgan fingerprint density at radius 1 is 1.22 bits per heavy atom. The van der Waals surface area contributed by atoms with Crippen molar-refractivity contribution in [3.8, 4) is 0 Å². The van der Waals surface area contributed by atoms with Gasteiger partial charge < -0.3 is 10.1 Å². The predicted octanol–water partition coefficient (Wildman–Crippen LogP) is 3.44. The van der Waals surface area contributed by atoms with Crippen LogP contribution in [0.3, 0.4) is 0 Å². The molecule has 4 nitrogen and oxygen atoms in total. The lowest BCUT2D eigenvalue weighted by molar-refractivity contribution is -0.115. The summed E-state index contributed by atoms with van der Waals surface area (Å²) in [6.07, 6.45) is 0.725. The monoisotopic (exact) mass is 327 g/mol. The number of anilines is 1. The van der Waals surface area contributed by atoms with Gasteiger partial charge in [-0.05, 0) is 43.2 Å². The van der Waals surface area contributed by atoms with Crippen molar-refractivity contribution in [2.75, 3.05) is 12.4 Å². The van der Waals surface area contributed by atoms with Gasteiger partial charge in [0.05, 0.1) is 17.9 Å². The number of carbonyl (C=O) groups excluding carboxylic acids is 2. The number of esters is 1. The van der Waals surface area contributed by atoms with Crippen LogP contribution in [0, 0.1) is 6.92 Å². The number of hydrogen-bond acceptors (Lipinski definition) is 4. The number of benzene rings is 2. The Kier molecular flexibility index (Phi) is 4.39. The Hall–Kier alpha value is -2.27. The summed E-state index contributed by atoms with van der Waals surface area (Å²) in [5.41, 5.74) is 3.43. The number of aryl methyl sites for hydroxylation is 1. The number of carbonyl (C=O) groups is 2. The van der Waals surface area contributed by atoms with E-state index in [1.807, 2.05) is 6.92 Å². The molecule has 0 bridgehead atoms. The average molecular weight is 327 g/mol. The van der Waals surface area contributed by atoms with Crippen LogP contribution in [0.25, 0.3) is 0 Å². The van der Waals surface area contributed by atoms with Crippen LogP contribution in [0.15, 0.2) is 47.4 Å². The molecule has 5 heteroatoms. The zero-order valence-corrected chi connectivity index (χ0v) is 13.8. The van der Waals surface area contributed by atoms with Gasteiger partial charge in [-0.15, -0.1) is 11.8 Å². The van der Waals surface area contributed by atoms with Crippen molar-refractivity contribution in [1.29, 1.82) is 0 Å². The highest BCUT2D eigenvalue weighted by Gasteiger charge is 2.28. The summed E-state index contributed by atoms with van der Waals surface area (Å²) in [5, 5.41) is 2.74. The molecule has 1 N–H and O–H groups in total. The lowest BCUT2D eigenvalue weighted by Gasteiger charge is -2.10. The molecule has 1 heterocycles. The lowest BCUT2D eigenvalue weighted by atomic mass is 10.1. The Labute approximate surface area is 139 Å². The van der Waals surface area contributed by atoms with Crippen molar-refractivity contribution in [2.24, 2.45) is 0 Å². The smallest absolute Gasteiger partial charge is 0.337 e. The summed E-state index contributed by atoms with van der Waals surface area (Å²) < 4.78 is 4.69. The van der Waals surface area contributed by atoms with Crippen LogP contribution in [-0.2, 0) is 16.0 Å². The van der Waals surface area contributed by atoms with Crippen molar-refractivity contribution in [3.05, 3.63) is 59.2 Å². The van der Waals surface area contributed by atoms with Gasteiger partial charge >= 0.3 is 5.97 Å². The average Bonchev–Trinajstić information content (AvgIpc) is 2.97. The third-order valence-electron chi connectivity index (χ3n) is 3.74. The first-order valence-electron chi connectivity index (χ1n) is 7.32. The van der Waals surface area contributed by atoms with Gasteiger partial charge in [0.25, 0.3) is 0 Å². The molecule has 0 aliphatic carbocycles. The number of fused-ring (bicyclic) bond motifs is 1. The van der Waals surface area contributed by atoms with Gasteiger partial charge in [0, 0.05) is 10.6 Å². The normalized spacial score (nSPS) is 15.8. The van der Waals surface area contributed by atoms with E-state index in [-0.39, 0.29) is 11.2 Å². The molecule has 0 radical (unpaired) electrons. The zero-order valence-electron chi connectivity index (χ0n) is 13.0. The van der Waals surface area contributed by atoms with E-state index < -0.39 is 5.97 Å². The maximum atomic E-state index is 12.5. The predicted molar refractivity (Wildman–Crippen MR) is 90.9 cm³/mol. The summed E-state index contributed by atoms with van der Waals surface area (Å²) in [5.74, 6) is -0.468. The van der Waals surface area contributed by atoms with Crippen LogP contribution in [0.1, 0.15) is 21.5 Å². The van der Waals surface area contributed by atoms with Crippen molar-refractivity contribution in [2.45, 2.75) is 23.5 Å². The standard InChI is InChI=1S/C18H17NO3S/c1-11-6-7-12-10-16(23-15(12)8-11)17(20)19-14-5-3-4-13(9-14)18(21)22-2/h3-9,16H,10H2,1-2H3,(H,19,20)/t16-/m0/s1. The molecule has 2 aromatic carbocycles. The maximum Gasteiger partial charge on any atom is 0.337 e. The van der Waals surface area contributed by atoms with Gasteiger partial charge in [-0.25, -0.2) is 4.79 Å². The van der Waals surface area contributed by atoms with Gasteiger partial charge in [-0.1, -0.05) is 23.8 Å². The van der Waals surface area contributed by atoms with Crippen molar-refractivity contribution in [3.63, 3.8) is 0 Å². The number of hydrogen-bond donors (Lipinski definition) is 1. The molecule has 0 saturated carbocycles. The van der Waals surface area contributed by atoms with E-state index >= 15 is 0 Å². The van der Waals surface area contributed by atoms with Crippen molar-refractivity contribution >= 4 is 29.3 Å². The topological polar surface area (TPSA) is 55.4 Å². The molecule has 0 unspecified atom stereocenters. The summed E-state index contributed by atoms with van der Waals surface area (Å²) in [4.78, 5) is 25.2. The number of ether oxygens (including phenoxy) is 1. The highest BCUT2D eigenvalue weighted by atomic mass is 32.2. The van der Waals surface area contributed by atoms with Crippen LogP contribution in [0.5, 0.6) is 0 Å². The second-order valence-corrected chi connectivity index (χ2v) is 6.73. The molecule has 0 fully saturated rings. The van der Waals surface area contributed by atoms with E-state index in [0.717, 1.165) is 6.42 Å².